The molecule has 0 unspecified atom stereocenters. The summed E-state index contributed by atoms with van der Waals surface area (Å²) in [6.07, 6.45) is 26.9. The number of aromatic amines is 3. The summed E-state index contributed by atoms with van der Waals surface area (Å²) in [6.45, 7) is 9.88. The van der Waals surface area contributed by atoms with Crippen LogP contribution >= 0.6 is 0 Å². The third-order valence-corrected chi connectivity index (χ3v) is 22.4. The molecule has 3 aromatic carbocycles. The molecule has 2 aliphatic heterocycles. The van der Waals surface area contributed by atoms with E-state index < -0.39 is 6.61 Å². The molecule has 106 heavy (non-hydrogen) atoms. The first-order valence-corrected chi connectivity index (χ1v) is 36.5. The van der Waals surface area contributed by atoms with E-state index in [1.54, 1.807) is 60.3 Å². The second kappa shape index (κ2) is 29.1. The maximum atomic E-state index is 13.2. The smallest absolute Gasteiger partial charge is 0.251 e. The van der Waals surface area contributed by atoms with Gasteiger partial charge in [-0.1, -0.05) is 12.1 Å². The Morgan fingerprint density at radius 3 is 1.25 bits per heavy atom. The number of nitrogens with zero attached hydrogens (tertiary/aromatic N) is 8. The van der Waals surface area contributed by atoms with Gasteiger partial charge in [0, 0.05) is 155 Å². The fraction of sp³-hybridized carbons (Fsp3) is 0.313. The van der Waals surface area contributed by atoms with Crippen LogP contribution in [0.1, 0.15) is 124 Å². The Kier molecular flexibility index (Phi) is 19.2. The molecule has 0 radical (unpaired) electrons. The van der Waals surface area contributed by atoms with E-state index in [4.69, 9.17) is 5.11 Å². The standard InChI is InChI=1S/C29H34N6O2.C29H29N5O2.C25H25N5O3/c1-28(2)17-22(18-29(3,4)34(28)5)33-27(37)19-6-8-21(9-7-19)32-23-10-11-24(35-15-14-31-26(23)35)20-12-13-30-25(36)16-20;35-26-14-22(7-8-30-26)25-6-5-24(27-31-9-10-34(25)27)32-23-3-1-21(2-4-23)28(36)33-29-15-18-11-19(16-29)13-20(12-18)17-29;31-16-24(33)29-12-8-18(9-13-29)17-1-3-20(4-2-17)28-21-5-6-22(30-14-11-27-25(21)30)19-7-10-26-23(32)15-19/h6-16,22,32H,17-18H2,1-5H3,(H,30,36)(H,33,37);1-10,14,18-20,32H,11-13,15-17H2,(H,30,35)(H,33,36);1-7,10-11,14-15,18,28,31H,8-9,12-13,16H2,(H,26,32). The van der Waals surface area contributed by atoms with Crippen molar-refractivity contribution in [1.29, 1.82) is 0 Å². The molecular formula is C83H88N16O7. The molecule has 23 heteroatoms. The van der Waals surface area contributed by atoms with Gasteiger partial charge < -0.3 is 51.5 Å². The third kappa shape index (κ3) is 14.9. The van der Waals surface area contributed by atoms with Crippen LogP contribution in [-0.2, 0) is 4.79 Å². The number of piperidine rings is 2. The molecule has 9 aromatic heterocycles. The molecule has 12 aromatic rings. The number of hydrogen-bond acceptors (Lipinski definition) is 14. The van der Waals surface area contributed by atoms with E-state index >= 15 is 0 Å². The molecule has 6 fully saturated rings. The van der Waals surface area contributed by atoms with Crippen LogP contribution in [0.3, 0.4) is 0 Å². The summed E-state index contributed by atoms with van der Waals surface area (Å²) in [7, 11) is 2.16. The predicted octanol–water partition coefficient (Wildman–Crippen LogP) is 13.1. The van der Waals surface area contributed by atoms with Crippen molar-refractivity contribution in [3.8, 4) is 33.8 Å². The number of nitrogens with one attached hydrogen (secondary N) is 8. The van der Waals surface area contributed by atoms with Gasteiger partial charge in [-0.15, -0.1) is 0 Å². The van der Waals surface area contributed by atoms with E-state index in [1.807, 2.05) is 135 Å². The van der Waals surface area contributed by atoms with Crippen LogP contribution in [0.15, 0.2) is 216 Å². The minimum absolute atomic E-state index is 0.0113. The number of amides is 3. The lowest BCUT2D eigenvalue weighted by Crippen LogP contribution is -2.62. The number of H-pyrrole nitrogens is 3. The maximum Gasteiger partial charge on any atom is 0.251 e. The van der Waals surface area contributed by atoms with Gasteiger partial charge in [0.15, 0.2) is 16.9 Å². The number of hydrogen-bond donors (Lipinski definition) is 9. The molecule has 11 heterocycles. The highest BCUT2D eigenvalue weighted by atomic mass is 16.3. The number of aliphatic hydroxyl groups is 1. The molecule has 18 rings (SSSR count). The molecule has 0 atom stereocenters. The summed E-state index contributed by atoms with van der Waals surface area (Å²) in [5.74, 6) is 2.62. The fourth-order valence-electron chi connectivity index (χ4n) is 17.4. The monoisotopic (exact) mass is 1420 g/mol. The Labute approximate surface area is 612 Å². The van der Waals surface area contributed by atoms with Crippen molar-refractivity contribution in [3.63, 3.8) is 0 Å². The van der Waals surface area contributed by atoms with Gasteiger partial charge in [0.2, 0.25) is 22.6 Å². The van der Waals surface area contributed by atoms with E-state index in [9.17, 15) is 28.8 Å². The first-order chi connectivity index (χ1) is 51.2. The molecule has 0 spiro atoms. The van der Waals surface area contributed by atoms with E-state index in [0.717, 1.165) is 148 Å². The maximum absolute atomic E-state index is 13.2. The Hall–Kier alpha value is -11.7. The number of aromatic nitrogens is 9. The third-order valence-electron chi connectivity index (χ3n) is 22.4. The van der Waals surface area contributed by atoms with Gasteiger partial charge in [-0.05, 0) is 243 Å². The van der Waals surface area contributed by atoms with Crippen molar-refractivity contribution < 1.29 is 19.5 Å². The van der Waals surface area contributed by atoms with Crippen LogP contribution in [0.4, 0.5) is 34.1 Å². The first-order valence-electron chi connectivity index (χ1n) is 36.5. The predicted molar refractivity (Wildman–Crippen MR) is 413 cm³/mol. The molecule has 2 saturated heterocycles. The zero-order valence-corrected chi connectivity index (χ0v) is 60.1. The molecule has 3 amide bonds. The lowest BCUT2D eigenvalue weighted by atomic mass is 9.53. The highest BCUT2D eigenvalue weighted by Crippen LogP contribution is 2.56. The largest absolute Gasteiger partial charge is 0.387 e. The van der Waals surface area contributed by atoms with Gasteiger partial charge >= 0.3 is 0 Å². The minimum atomic E-state index is -0.417. The molecule has 23 nitrogen and oxygen atoms in total. The summed E-state index contributed by atoms with van der Waals surface area (Å²) in [6, 6.07) is 45.8. The van der Waals surface area contributed by atoms with Gasteiger partial charge in [0.1, 0.15) is 6.61 Å². The topological polar surface area (TPSA) is 289 Å². The van der Waals surface area contributed by atoms with Crippen LogP contribution in [0.25, 0.3) is 50.7 Å². The van der Waals surface area contributed by atoms with Crippen molar-refractivity contribution in [2.75, 3.05) is 42.7 Å². The number of fused-ring (bicyclic) bond motifs is 3. The number of carbonyl (C=O) groups is 3. The molecule has 4 saturated carbocycles. The highest BCUT2D eigenvalue weighted by molar-refractivity contribution is 5.96. The summed E-state index contributed by atoms with van der Waals surface area (Å²) in [5.41, 5.74) is 14.8. The van der Waals surface area contributed by atoms with Crippen LogP contribution in [0.5, 0.6) is 0 Å². The summed E-state index contributed by atoms with van der Waals surface area (Å²) in [5, 5.41) is 26.1. The van der Waals surface area contributed by atoms with Crippen molar-refractivity contribution in [2.24, 2.45) is 17.8 Å². The first kappa shape index (κ1) is 70.0. The van der Waals surface area contributed by atoms with Gasteiger partial charge in [-0.3, -0.25) is 46.9 Å². The van der Waals surface area contributed by atoms with Crippen molar-refractivity contribution in [2.45, 2.75) is 120 Å². The summed E-state index contributed by atoms with van der Waals surface area (Å²) in [4.78, 5) is 98.8. The quantitative estimate of drug-likeness (QED) is 0.0461. The zero-order chi connectivity index (χ0) is 73.4. The summed E-state index contributed by atoms with van der Waals surface area (Å²) < 4.78 is 5.88. The number of carbonyl (C=O) groups excluding carboxylic acids is 3. The Balaban J connectivity index is 0.000000128. The normalized spacial score (nSPS) is 19.6. The van der Waals surface area contributed by atoms with Crippen molar-refractivity contribution in [3.05, 3.63) is 249 Å². The Morgan fingerprint density at radius 1 is 0.491 bits per heavy atom. The number of anilines is 6. The Morgan fingerprint density at radius 2 is 0.868 bits per heavy atom. The average molecular weight is 1420 g/mol. The average Bonchev–Trinajstić information content (AvgIpc) is 0.939. The number of likely N-dealkylation sites (tertiary alicyclic amines) is 2. The van der Waals surface area contributed by atoms with Gasteiger partial charge in [-0.25, -0.2) is 15.0 Å². The molecule has 4 bridgehead atoms. The van der Waals surface area contributed by atoms with Gasteiger partial charge in [0.25, 0.3) is 11.8 Å². The van der Waals surface area contributed by atoms with E-state index in [1.165, 1.54) is 24.8 Å². The molecule has 4 aliphatic carbocycles. The lowest BCUT2D eigenvalue weighted by molar-refractivity contribution is -0.135. The van der Waals surface area contributed by atoms with Crippen molar-refractivity contribution >= 4 is 68.8 Å². The van der Waals surface area contributed by atoms with Crippen LogP contribution < -0.4 is 43.3 Å². The molecular weight excluding hydrogens is 1330 g/mol. The van der Waals surface area contributed by atoms with Crippen molar-refractivity contribution in [1.82, 2.24) is 63.5 Å². The van der Waals surface area contributed by atoms with E-state index in [0.29, 0.717) is 30.1 Å². The van der Waals surface area contributed by atoms with Crippen LogP contribution in [-0.4, -0.2) is 125 Å². The minimum Gasteiger partial charge on any atom is -0.387 e. The Bertz CT molecular complexity index is 5360. The summed E-state index contributed by atoms with van der Waals surface area (Å²) >= 11 is 0. The molecule has 6 aliphatic rings. The number of rotatable bonds is 15. The highest BCUT2D eigenvalue weighted by Gasteiger charge is 2.52. The lowest BCUT2D eigenvalue weighted by Gasteiger charge is -2.56. The second-order valence-corrected chi connectivity index (χ2v) is 30.5. The van der Waals surface area contributed by atoms with Crippen LogP contribution in [0.2, 0.25) is 0 Å². The molecule has 542 valence electrons. The molecule has 9 N–H and O–H groups in total. The van der Waals surface area contributed by atoms with E-state index in [2.05, 4.69) is 120 Å². The van der Waals surface area contributed by atoms with Crippen LogP contribution in [0, 0.1) is 17.8 Å². The fourth-order valence-corrected chi connectivity index (χ4v) is 17.4. The number of benzene rings is 3. The van der Waals surface area contributed by atoms with Gasteiger partial charge in [-0.2, -0.15) is 0 Å². The number of pyridine rings is 6. The van der Waals surface area contributed by atoms with Gasteiger partial charge in [0.05, 0.1) is 34.1 Å². The second-order valence-electron chi connectivity index (χ2n) is 30.5. The van der Waals surface area contributed by atoms with E-state index in [-0.39, 0.29) is 57.1 Å². The number of imidazole rings is 3. The SMILES string of the molecule is CN1C(C)(C)CC(NC(=O)c2ccc(Nc3ccc(-c4cc[nH]c(=O)c4)n4ccnc34)cc2)CC1(C)C.O=C(CO)N1CCC(c2ccc(Nc3ccc(-c4cc[nH]c(=O)c4)n4ccnc34)cc2)CC1.O=C(NC12CC3CC(CC(C3)C1)C2)c1ccc(Nc2ccc(-c3cc[nH]c(=O)c3)n3ccnc23)cc1. The zero-order valence-electron chi connectivity index (χ0n) is 60.1. The number of aliphatic hydroxyl groups excluding tert-OH is 1.